The van der Waals surface area contributed by atoms with Gasteiger partial charge in [0.25, 0.3) is 10.0 Å². The molecule has 0 bridgehead atoms. The van der Waals surface area contributed by atoms with Gasteiger partial charge in [-0.1, -0.05) is 23.5 Å². The summed E-state index contributed by atoms with van der Waals surface area (Å²) in [6, 6.07) is 7.20. The Kier molecular flexibility index (Phi) is 7.47. The van der Waals surface area contributed by atoms with Gasteiger partial charge in [0.1, 0.15) is 21.6 Å². The Bertz CT molecular complexity index is 1280. The molecule has 0 N–H and O–H groups in total. The zero-order chi connectivity index (χ0) is 24.4. The number of thiophene rings is 1. The highest BCUT2D eigenvalue weighted by Crippen LogP contribution is 2.34. The number of fused-ring (bicyclic) bond motifs is 1. The number of aromatic nitrogens is 1. The van der Waals surface area contributed by atoms with Crippen LogP contribution in [0.1, 0.15) is 19.3 Å². The van der Waals surface area contributed by atoms with Crippen molar-refractivity contribution in [3.63, 3.8) is 0 Å². The first-order chi connectivity index (χ1) is 16.9. The van der Waals surface area contributed by atoms with Gasteiger partial charge in [0, 0.05) is 32.7 Å². The van der Waals surface area contributed by atoms with Crippen molar-refractivity contribution in [2.75, 3.05) is 50.8 Å². The molecule has 4 heterocycles. The number of ether oxygens (including phenoxy) is 1. The average molecular weight is 539 g/mol. The van der Waals surface area contributed by atoms with E-state index in [-0.39, 0.29) is 15.6 Å². The van der Waals surface area contributed by atoms with Gasteiger partial charge in [0.15, 0.2) is 5.13 Å². The number of morpholine rings is 1. The van der Waals surface area contributed by atoms with Crippen molar-refractivity contribution in [2.24, 2.45) is 0 Å². The van der Waals surface area contributed by atoms with Gasteiger partial charge in [-0.3, -0.25) is 14.6 Å². The summed E-state index contributed by atoms with van der Waals surface area (Å²) < 4.78 is 48.5. The largest absolute Gasteiger partial charge is 0.379 e. The third kappa shape index (κ3) is 5.13. The van der Waals surface area contributed by atoms with Crippen LogP contribution in [0.4, 0.5) is 9.52 Å². The van der Waals surface area contributed by atoms with E-state index in [1.54, 1.807) is 34.5 Å². The maximum atomic E-state index is 14.4. The molecule has 2 aliphatic rings. The van der Waals surface area contributed by atoms with Crippen LogP contribution < -0.4 is 4.90 Å². The van der Waals surface area contributed by atoms with Crippen LogP contribution in [0.2, 0.25) is 0 Å². The topological polar surface area (TPSA) is 83.1 Å². The van der Waals surface area contributed by atoms with E-state index >= 15 is 0 Å². The molecule has 0 aliphatic carbocycles. The number of nitrogens with zero attached hydrogens (tertiary/aromatic N) is 4. The van der Waals surface area contributed by atoms with E-state index in [0.717, 1.165) is 31.0 Å². The van der Waals surface area contributed by atoms with Crippen molar-refractivity contribution in [2.45, 2.75) is 29.5 Å². The number of amides is 1. The quantitative estimate of drug-likeness (QED) is 0.437. The number of carbonyl (C=O) groups excluding carboxylic acids is 1. The lowest BCUT2D eigenvalue weighted by molar-refractivity contribution is -0.121. The highest BCUT2D eigenvalue weighted by Gasteiger charge is 2.42. The van der Waals surface area contributed by atoms with Gasteiger partial charge in [-0.2, -0.15) is 4.31 Å². The van der Waals surface area contributed by atoms with Gasteiger partial charge in [-0.05, 0) is 42.8 Å². The summed E-state index contributed by atoms with van der Waals surface area (Å²) in [5.74, 6) is -0.738. The van der Waals surface area contributed by atoms with E-state index in [9.17, 15) is 17.6 Å². The number of para-hydroxylation sites is 1. The standard InChI is InChI=1S/C23H27FN4O4S3/c24-17-5-1-7-19-21(17)25-23(34-19)27(10-4-9-26-12-14-32-15-13-26)22(29)18-6-2-11-28(18)35(30,31)20-8-3-16-33-20/h1,3,5,7-8,16,18H,2,4,6,9-15H2. The van der Waals surface area contributed by atoms with Gasteiger partial charge in [-0.25, -0.2) is 17.8 Å². The molecule has 2 aliphatic heterocycles. The molecule has 8 nitrogen and oxygen atoms in total. The highest BCUT2D eigenvalue weighted by molar-refractivity contribution is 7.91. The molecule has 0 spiro atoms. The maximum Gasteiger partial charge on any atom is 0.253 e. The Morgan fingerprint density at radius 1 is 1.20 bits per heavy atom. The van der Waals surface area contributed by atoms with E-state index in [1.807, 2.05) is 0 Å². The summed E-state index contributed by atoms with van der Waals surface area (Å²) in [6.07, 6.45) is 1.74. The van der Waals surface area contributed by atoms with E-state index < -0.39 is 21.9 Å². The van der Waals surface area contributed by atoms with Crippen LogP contribution in [0.25, 0.3) is 10.2 Å². The van der Waals surface area contributed by atoms with Crippen molar-refractivity contribution >= 4 is 54.0 Å². The molecule has 0 radical (unpaired) electrons. The fraction of sp³-hybridized carbons (Fsp3) is 0.478. The zero-order valence-corrected chi connectivity index (χ0v) is 21.6. The van der Waals surface area contributed by atoms with Crippen LogP contribution in [0.15, 0.2) is 39.9 Å². The second-order valence-electron chi connectivity index (χ2n) is 8.59. The Morgan fingerprint density at radius 2 is 2.03 bits per heavy atom. The number of halogens is 1. The van der Waals surface area contributed by atoms with Crippen LogP contribution in [-0.2, 0) is 19.6 Å². The predicted octanol–water partition coefficient (Wildman–Crippen LogP) is 3.41. The van der Waals surface area contributed by atoms with Crippen LogP contribution >= 0.6 is 22.7 Å². The molecule has 5 rings (SSSR count). The third-order valence-corrected chi connectivity index (χ3v) is 10.7. The third-order valence-electron chi connectivity index (χ3n) is 6.36. The molecule has 188 valence electrons. The molecule has 12 heteroatoms. The number of benzene rings is 1. The number of sulfonamides is 1. The Labute approximate surface area is 212 Å². The minimum Gasteiger partial charge on any atom is -0.379 e. The van der Waals surface area contributed by atoms with Crippen molar-refractivity contribution in [1.29, 1.82) is 0 Å². The fourth-order valence-electron chi connectivity index (χ4n) is 4.58. The molecule has 2 aromatic heterocycles. The van der Waals surface area contributed by atoms with Gasteiger partial charge in [0.05, 0.1) is 17.9 Å². The number of anilines is 1. The minimum atomic E-state index is -3.77. The van der Waals surface area contributed by atoms with Gasteiger partial charge >= 0.3 is 0 Å². The van der Waals surface area contributed by atoms with Crippen molar-refractivity contribution in [3.05, 3.63) is 41.5 Å². The molecule has 1 amide bonds. The van der Waals surface area contributed by atoms with E-state index in [2.05, 4.69) is 9.88 Å². The lowest BCUT2D eigenvalue weighted by atomic mass is 10.2. The zero-order valence-electron chi connectivity index (χ0n) is 19.1. The van der Waals surface area contributed by atoms with Gasteiger partial charge in [-0.15, -0.1) is 11.3 Å². The minimum absolute atomic E-state index is 0.230. The molecule has 2 fully saturated rings. The average Bonchev–Trinajstić information content (AvgIpc) is 3.63. The number of carbonyl (C=O) groups is 1. The lowest BCUT2D eigenvalue weighted by Gasteiger charge is -2.30. The second-order valence-corrected chi connectivity index (χ2v) is 12.7. The molecule has 0 saturated carbocycles. The first-order valence-electron chi connectivity index (χ1n) is 11.7. The number of thiazole rings is 1. The molecular formula is C23H27FN4O4S3. The monoisotopic (exact) mass is 538 g/mol. The second kappa shape index (κ2) is 10.6. The van der Waals surface area contributed by atoms with Gasteiger partial charge < -0.3 is 4.74 Å². The molecular weight excluding hydrogens is 511 g/mol. The molecule has 1 aromatic carbocycles. The SMILES string of the molecule is O=C(C1CCCN1S(=O)(=O)c1cccs1)N(CCCN1CCOCC1)c1nc2c(F)cccc2s1. The van der Waals surface area contributed by atoms with E-state index in [0.29, 0.717) is 55.4 Å². The van der Waals surface area contributed by atoms with E-state index in [4.69, 9.17) is 4.74 Å². The number of hydrogen-bond acceptors (Lipinski definition) is 8. The summed E-state index contributed by atoms with van der Waals surface area (Å²) >= 11 is 2.40. The summed E-state index contributed by atoms with van der Waals surface area (Å²) in [4.78, 5) is 22.2. The smallest absolute Gasteiger partial charge is 0.253 e. The Hall–Kier alpha value is -1.96. The molecule has 1 atom stereocenters. The van der Waals surface area contributed by atoms with Crippen LogP contribution in [0.3, 0.4) is 0 Å². The van der Waals surface area contributed by atoms with Crippen molar-refractivity contribution in [3.8, 4) is 0 Å². The summed E-state index contributed by atoms with van der Waals surface area (Å²) in [7, 11) is -3.77. The first-order valence-corrected chi connectivity index (χ1v) is 14.8. The summed E-state index contributed by atoms with van der Waals surface area (Å²) in [6.45, 7) is 4.53. The highest BCUT2D eigenvalue weighted by atomic mass is 32.2. The van der Waals surface area contributed by atoms with Crippen LogP contribution in [0.5, 0.6) is 0 Å². The van der Waals surface area contributed by atoms with E-state index in [1.165, 1.54) is 21.7 Å². The number of rotatable bonds is 8. The predicted molar refractivity (Wildman–Crippen MR) is 135 cm³/mol. The first kappa shape index (κ1) is 24.7. The van der Waals surface area contributed by atoms with Crippen molar-refractivity contribution in [1.82, 2.24) is 14.2 Å². The molecule has 35 heavy (non-hydrogen) atoms. The number of hydrogen-bond donors (Lipinski definition) is 0. The van der Waals surface area contributed by atoms with Crippen LogP contribution in [0, 0.1) is 5.82 Å². The van der Waals surface area contributed by atoms with Gasteiger partial charge in [0.2, 0.25) is 5.91 Å². The molecule has 1 unspecified atom stereocenters. The summed E-state index contributed by atoms with van der Waals surface area (Å²) in [5, 5.41) is 2.12. The normalized spacial score (nSPS) is 20.0. The molecule has 3 aromatic rings. The van der Waals surface area contributed by atoms with Crippen LogP contribution in [-0.4, -0.2) is 80.5 Å². The summed E-state index contributed by atoms with van der Waals surface area (Å²) in [5.41, 5.74) is 0.230. The van der Waals surface area contributed by atoms with Crippen molar-refractivity contribution < 1.29 is 22.3 Å². The molecule has 2 saturated heterocycles. The Morgan fingerprint density at radius 3 is 2.77 bits per heavy atom. The lowest BCUT2D eigenvalue weighted by Crippen LogP contribution is -2.48. The maximum absolute atomic E-state index is 14.4. The fourth-order valence-corrected chi connectivity index (χ4v) is 8.36. The Balaban J connectivity index is 1.41.